The van der Waals surface area contributed by atoms with Crippen LogP contribution in [0.25, 0.3) is 0 Å². The van der Waals surface area contributed by atoms with Gasteiger partial charge in [-0.1, -0.05) is 13.3 Å². The first-order valence-electron chi connectivity index (χ1n) is 6.39. The molecule has 0 radical (unpaired) electrons. The standard InChI is InChI=1S/C13H21N3O2/c1-3-4-7-15-13(18)11-5-8-16(9-6-11)10-12(17)14-2/h5-6,8H,3-4,7,9-10H2,1-2H3,(H,14,17)(H,15,18)/p+1. The Kier molecular flexibility index (Phi) is 6.14. The minimum atomic E-state index is -0.0290. The van der Waals surface area contributed by atoms with E-state index in [9.17, 15) is 9.59 Å². The fourth-order valence-corrected chi connectivity index (χ4v) is 1.66. The third kappa shape index (κ3) is 4.71. The number of hydrogen-bond donors (Lipinski definition) is 3. The van der Waals surface area contributed by atoms with Crippen molar-refractivity contribution < 1.29 is 14.5 Å². The van der Waals surface area contributed by atoms with E-state index in [4.69, 9.17) is 0 Å². The average molecular weight is 252 g/mol. The van der Waals surface area contributed by atoms with E-state index in [1.807, 2.05) is 12.3 Å². The molecule has 100 valence electrons. The van der Waals surface area contributed by atoms with E-state index in [0.29, 0.717) is 18.7 Å². The quantitative estimate of drug-likeness (QED) is 0.530. The van der Waals surface area contributed by atoms with Gasteiger partial charge in [0.05, 0.1) is 6.20 Å². The van der Waals surface area contributed by atoms with Crippen molar-refractivity contribution in [3.8, 4) is 0 Å². The molecule has 0 bridgehead atoms. The molecule has 1 heterocycles. The van der Waals surface area contributed by atoms with Gasteiger partial charge in [0.15, 0.2) is 6.54 Å². The molecule has 18 heavy (non-hydrogen) atoms. The monoisotopic (exact) mass is 252 g/mol. The molecule has 2 amide bonds. The summed E-state index contributed by atoms with van der Waals surface area (Å²) in [6, 6.07) is 0. The van der Waals surface area contributed by atoms with Crippen molar-refractivity contribution in [3.63, 3.8) is 0 Å². The summed E-state index contributed by atoms with van der Waals surface area (Å²) in [5, 5.41) is 5.46. The Labute approximate surface area is 108 Å². The Bertz CT molecular complexity index is 361. The Hall–Kier alpha value is -1.62. The van der Waals surface area contributed by atoms with Gasteiger partial charge in [-0.2, -0.15) is 0 Å². The highest BCUT2D eigenvalue weighted by atomic mass is 16.2. The van der Waals surface area contributed by atoms with Crippen LogP contribution in [0.2, 0.25) is 0 Å². The summed E-state index contributed by atoms with van der Waals surface area (Å²) in [7, 11) is 1.62. The Morgan fingerprint density at radius 1 is 1.44 bits per heavy atom. The number of unbranched alkanes of at least 4 members (excludes halogenated alkanes) is 1. The van der Waals surface area contributed by atoms with E-state index >= 15 is 0 Å². The fraction of sp³-hybridized carbons (Fsp3) is 0.538. The Balaban J connectivity index is 2.37. The first-order valence-corrected chi connectivity index (χ1v) is 6.39. The minimum Gasteiger partial charge on any atom is -0.354 e. The number of amides is 2. The Morgan fingerprint density at radius 2 is 2.22 bits per heavy atom. The smallest absolute Gasteiger partial charge is 0.275 e. The predicted octanol–water partition coefficient (Wildman–Crippen LogP) is -1.01. The summed E-state index contributed by atoms with van der Waals surface area (Å²) in [4.78, 5) is 24.0. The van der Waals surface area contributed by atoms with Gasteiger partial charge in [0.25, 0.3) is 11.8 Å². The second-order valence-corrected chi connectivity index (χ2v) is 4.31. The van der Waals surface area contributed by atoms with Crippen molar-refractivity contribution in [2.45, 2.75) is 19.8 Å². The van der Waals surface area contributed by atoms with Crippen molar-refractivity contribution >= 4 is 11.8 Å². The molecular formula is C13H22N3O2+. The zero-order valence-corrected chi connectivity index (χ0v) is 11.1. The zero-order valence-electron chi connectivity index (χ0n) is 11.1. The van der Waals surface area contributed by atoms with E-state index in [2.05, 4.69) is 17.6 Å². The molecule has 5 nitrogen and oxygen atoms in total. The molecule has 0 aliphatic carbocycles. The highest BCUT2D eigenvalue weighted by Crippen LogP contribution is 1.98. The zero-order chi connectivity index (χ0) is 13.4. The maximum Gasteiger partial charge on any atom is 0.275 e. The molecule has 1 atom stereocenters. The molecule has 0 fully saturated rings. The highest BCUT2D eigenvalue weighted by molar-refractivity contribution is 5.96. The van der Waals surface area contributed by atoms with Crippen LogP contribution in [0.5, 0.6) is 0 Å². The first-order chi connectivity index (χ1) is 8.67. The number of hydrogen-bond acceptors (Lipinski definition) is 2. The van der Waals surface area contributed by atoms with Gasteiger partial charge in [0.1, 0.15) is 6.54 Å². The van der Waals surface area contributed by atoms with E-state index in [0.717, 1.165) is 24.3 Å². The predicted molar refractivity (Wildman–Crippen MR) is 69.9 cm³/mol. The molecule has 1 aliphatic heterocycles. The second-order valence-electron chi connectivity index (χ2n) is 4.31. The van der Waals surface area contributed by atoms with Crippen LogP contribution < -0.4 is 15.5 Å². The van der Waals surface area contributed by atoms with Gasteiger partial charge in [-0.15, -0.1) is 0 Å². The van der Waals surface area contributed by atoms with Gasteiger partial charge in [-0.3, -0.25) is 14.5 Å². The van der Waals surface area contributed by atoms with Crippen LogP contribution in [-0.4, -0.2) is 38.5 Å². The second kappa shape index (κ2) is 7.66. The van der Waals surface area contributed by atoms with Crippen LogP contribution in [0.4, 0.5) is 0 Å². The molecule has 3 N–H and O–H groups in total. The lowest BCUT2D eigenvalue weighted by Crippen LogP contribution is -3.09. The van der Waals surface area contributed by atoms with Crippen LogP contribution in [0.3, 0.4) is 0 Å². The molecular weight excluding hydrogens is 230 g/mol. The lowest BCUT2D eigenvalue weighted by molar-refractivity contribution is -0.832. The SMILES string of the molecule is CCCCNC(=O)C1=CC[NH+](CC(=O)NC)C=C1. The fourth-order valence-electron chi connectivity index (χ4n) is 1.66. The molecule has 0 aromatic heterocycles. The van der Waals surface area contributed by atoms with E-state index in [-0.39, 0.29) is 11.8 Å². The topological polar surface area (TPSA) is 62.6 Å². The molecule has 1 unspecified atom stereocenters. The van der Waals surface area contributed by atoms with Gasteiger partial charge in [-0.25, -0.2) is 0 Å². The van der Waals surface area contributed by atoms with Crippen LogP contribution in [0.15, 0.2) is 23.9 Å². The molecule has 0 aromatic carbocycles. The van der Waals surface area contributed by atoms with Crippen LogP contribution in [-0.2, 0) is 9.59 Å². The van der Waals surface area contributed by atoms with Gasteiger partial charge < -0.3 is 10.6 Å². The molecule has 5 heteroatoms. The number of carbonyl (C=O) groups excluding carboxylic acids is 2. The average Bonchev–Trinajstić information content (AvgIpc) is 2.39. The minimum absolute atomic E-state index is 0.00102. The number of likely N-dealkylation sites (N-methyl/N-ethyl adjacent to an activating group) is 1. The van der Waals surface area contributed by atoms with Crippen molar-refractivity contribution in [2.75, 3.05) is 26.7 Å². The lowest BCUT2D eigenvalue weighted by atomic mass is 10.1. The number of rotatable bonds is 6. The van der Waals surface area contributed by atoms with Crippen molar-refractivity contribution in [2.24, 2.45) is 0 Å². The summed E-state index contributed by atoms with van der Waals surface area (Å²) in [6.07, 6.45) is 7.59. The number of carbonyl (C=O) groups is 2. The Morgan fingerprint density at radius 3 is 2.78 bits per heavy atom. The molecule has 1 aliphatic rings. The summed E-state index contributed by atoms with van der Waals surface area (Å²) in [5.41, 5.74) is 0.687. The van der Waals surface area contributed by atoms with Crippen molar-refractivity contribution in [1.29, 1.82) is 0 Å². The van der Waals surface area contributed by atoms with E-state index in [1.54, 1.807) is 13.1 Å². The number of quaternary nitrogens is 1. The molecule has 1 rings (SSSR count). The third-order valence-electron chi connectivity index (χ3n) is 2.83. The van der Waals surface area contributed by atoms with E-state index < -0.39 is 0 Å². The summed E-state index contributed by atoms with van der Waals surface area (Å²) in [6.45, 7) is 3.87. The maximum atomic E-state index is 11.7. The van der Waals surface area contributed by atoms with Crippen molar-refractivity contribution in [1.82, 2.24) is 10.6 Å². The van der Waals surface area contributed by atoms with Crippen LogP contribution >= 0.6 is 0 Å². The van der Waals surface area contributed by atoms with Gasteiger partial charge in [-0.05, 0) is 12.5 Å². The van der Waals surface area contributed by atoms with Gasteiger partial charge >= 0.3 is 0 Å². The van der Waals surface area contributed by atoms with Gasteiger partial charge in [0, 0.05) is 25.2 Å². The largest absolute Gasteiger partial charge is 0.354 e. The number of nitrogens with one attached hydrogen (secondary N) is 3. The first kappa shape index (κ1) is 14.4. The van der Waals surface area contributed by atoms with Crippen LogP contribution in [0, 0.1) is 0 Å². The highest BCUT2D eigenvalue weighted by Gasteiger charge is 2.16. The van der Waals surface area contributed by atoms with Gasteiger partial charge in [0.2, 0.25) is 0 Å². The third-order valence-corrected chi connectivity index (χ3v) is 2.83. The normalized spacial score (nSPS) is 18.1. The van der Waals surface area contributed by atoms with E-state index in [1.165, 1.54) is 0 Å². The van der Waals surface area contributed by atoms with Crippen LogP contribution in [0.1, 0.15) is 19.8 Å². The molecule has 0 saturated carbocycles. The molecule has 0 spiro atoms. The summed E-state index contributed by atoms with van der Waals surface area (Å²) >= 11 is 0. The van der Waals surface area contributed by atoms with Crippen molar-refractivity contribution in [3.05, 3.63) is 23.9 Å². The molecule has 0 saturated heterocycles. The summed E-state index contributed by atoms with van der Waals surface area (Å²) < 4.78 is 0. The molecule has 0 aromatic rings. The lowest BCUT2D eigenvalue weighted by Gasteiger charge is -2.16. The summed E-state index contributed by atoms with van der Waals surface area (Å²) in [5.74, 6) is -0.0300. The maximum absolute atomic E-state index is 11.7.